The summed E-state index contributed by atoms with van der Waals surface area (Å²) in [6, 6.07) is 9.82. The van der Waals surface area contributed by atoms with Crippen molar-refractivity contribution in [3.63, 3.8) is 0 Å². The van der Waals surface area contributed by atoms with E-state index < -0.39 is 0 Å². The van der Waals surface area contributed by atoms with Crippen LogP contribution in [0.25, 0.3) is 0 Å². The van der Waals surface area contributed by atoms with E-state index in [0.717, 1.165) is 10.0 Å². The molecule has 0 atom stereocenters. The molecule has 0 aliphatic heterocycles. The summed E-state index contributed by atoms with van der Waals surface area (Å²) in [7, 11) is 6.28. The summed E-state index contributed by atoms with van der Waals surface area (Å²) in [5, 5.41) is 13.1. The van der Waals surface area contributed by atoms with Gasteiger partial charge in [-0.05, 0) is 29.8 Å². The van der Waals surface area contributed by atoms with Crippen LogP contribution >= 0.6 is 34.8 Å². The second kappa shape index (κ2) is 9.01. The molecule has 0 radical (unpaired) electrons. The zero-order chi connectivity index (χ0) is 17.9. The fourth-order valence-corrected chi connectivity index (χ4v) is 2.52. The quantitative estimate of drug-likeness (QED) is 0.223. The lowest BCUT2D eigenvalue weighted by Crippen LogP contribution is -3.00. The minimum atomic E-state index is -0.0306. The molecule has 0 saturated carbocycles. The van der Waals surface area contributed by atoms with Crippen molar-refractivity contribution in [2.45, 2.75) is 0 Å². The van der Waals surface area contributed by atoms with Crippen LogP contribution < -0.4 is 33.9 Å². The van der Waals surface area contributed by atoms with Gasteiger partial charge in [-0.2, -0.15) is 10.4 Å². The van der Waals surface area contributed by atoms with Crippen molar-refractivity contribution in [1.82, 2.24) is 9.47 Å². The molecule has 1 aromatic carbocycles. The van der Waals surface area contributed by atoms with Crippen molar-refractivity contribution in [3.8, 4) is 6.07 Å². The van der Waals surface area contributed by atoms with E-state index in [2.05, 4.69) is 36.7 Å². The van der Waals surface area contributed by atoms with Crippen LogP contribution in [0.1, 0.15) is 11.1 Å². The van der Waals surface area contributed by atoms with Crippen LogP contribution in [0, 0.1) is 11.3 Å². The molecule has 132 valence electrons. The molecule has 0 aliphatic carbocycles. The molecule has 0 aliphatic rings. The third-order valence-corrected chi connectivity index (χ3v) is 4.32. The topological polar surface area (TPSA) is 61.1 Å². The fourth-order valence-electron chi connectivity index (χ4n) is 1.85. The minimum Gasteiger partial charge on any atom is -1.00 e. The molecule has 0 amide bonds. The summed E-state index contributed by atoms with van der Waals surface area (Å²) in [5.41, 5.74) is 4.80. The maximum absolute atomic E-state index is 8.95. The smallest absolute Gasteiger partial charge is 0.168 e. The van der Waals surface area contributed by atoms with Crippen LogP contribution in [0.5, 0.6) is 0 Å². The van der Waals surface area contributed by atoms with Crippen LogP contribution in [-0.2, 0) is 0 Å². The number of nitrogens with one attached hydrogen (secondary N) is 1. The number of rotatable bonds is 4. The predicted molar refractivity (Wildman–Crippen MR) is 101 cm³/mol. The summed E-state index contributed by atoms with van der Waals surface area (Å²) < 4.78 is 0.734. The van der Waals surface area contributed by atoms with E-state index in [-0.39, 0.29) is 50.6 Å². The molecule has 1 aromatic heterocycles. The van der Waals surface area contributed by atoms with E-state index in [1.165, 1.54) is 5.69 Å². The first-order valence-electron chi connectivity index (χ1n) is 6.89. The van der Waals surface area contributed by atoms with Crippen LogP contribution in [0.15, 0.2) is 29.4 Å². The summed E-state index contributed by atoms with van der Waals surface area (Å²) in [4.78, 5) is 3.98. The monoisotopic (exact) mass is 509 g/mol. The zero-order valence-electron chi connectivity index (χ0n) is 13.7. The molecule has 1 N–H and O–H groups in total. The van der Waals surface area contributed by atoms with Crippen LogP contribution in [0.2, 0.25) is 15.2 Å². The number of pyridine rings is 1. The molecule has 5 nitrogen and oxygen atoms in total. The number of aromatic nitrogens is 1. The van der Waals surface area contributed by atoms with E-state index in [1.807, 2.05) is 30.3 Å². The van der Waals surface area contributed by atoms with Gasteiger partial charge in [0.05, 0.1) is 32.4 Å². The molecule has 1 heterocycles. The van der Waals surface area contributed by atoms with E-state index in [4.69, 9.17) is 40.1 Å². The Hall–Kier alpha value is -1.11. The lowest BCUT2D eigenvalue weighted by atomic mass is 10.2. The predicted octanol–water partition coefficient (Wildman–Crippen LogP) is 1.56. The molecule has 2 aromatic rings. The lowest BCUT2D eigenvalue weighted by Gasteiger charge is -2.23. The molecule has 0 fully saturated rings. The third kappa shape index (κ3) is 5.43. The maximum Gasteiger partial charge on any atom is 0.168 e. The average Bonchev–Trinajstić information content (AvgIpc) is 2.52. The highest BCUT2D eigenvalue weighted by Gasteiger charge is 2.16. The maximum atomic E-state index is 8.95. The van der Waals surface area contributed by atoms with Gasteiger partial charge in [0, 0.05) is 0 Å². The van der Waals surface area contributed by atoms with Gasteiger partial charge in [0.2, 0.25) is 0 Å². The molecule has 25 heavy (non-hydrogen) atoms. The number of quaternary nitrogens is 1. The van der Waals surface area contributed by atoms with Gasteiger partial charge in [-0.1, -0.05) is 34.8 Å². The molecule has 0 unspecified atom stereocenters. The Balaban J connectivity index is 0.00000312. The first-order valence-corrected chi connectivity index (χ1v) is 8.03. The number of nitriles is 1. The van der Waals surface area contributed by atoms with Crippen molar-refractivity contribution in [1.29, 1.82) is 5.26 Å². The molecular formula is C16H15Cl3IN5. The van der Waals surface area contributed by atoms with E-state index >= 15 is 0 Å². The van der Waals surface area contributed by atoms with Gasteiger partial charge in [-0.25, -0.2) is 4.98 Å². The molecular weight excluding hydrogens is 495 g/mol. The summed E-state index contributed by atoms with van der Waals surface area (Å²) in [6.45, 7) is 0. The Morgan fingerprint density at radius 3 is 2.24 bits per heavy atom. The number of halogens is 4. The molecule has 9 heteroatoms. The normalized spacial score (nSPS) is 11.1. The first-order chi connectivity index (χ1) is 11.2. The van der Waals surface area contributed by atoms with Gasteiger partial charge in [0.1, 0.15) is 22.3 Å². The van der Waals surface area contributed by atoms with Gasteiger partial charge < -0.3 is 24.0 Å². The zero-order valence-corrected chi connectivity index (χ0v) is 18.1. The van der Waals surface area contributed by atoms with Gasteiger partial charge in [0.25, 0.3) is 0 Å². The number of benzene rings is 1. The van der Waals surface area contributed by atoms with E-state index in [0.29, 0.717) is 0 Å². The third-order valence-electron chi connectivity index (χ3n) is 3.20. The van der Waals surface area contributed by atoms with Crippen LogP contribution in [0.4, 0.5) is 11.5 Å². The summed E-state index contributed by atoms with van der Waals surface area (Å²) >= 11 is 17.9. The van der Waals surface area contributed by atoms with Crippen molar-refractivity contribution in [2.75, 3.05) is 26.6 Å². The van der Waals surface area contributed by atoms with E-state index in [9.17, 15) is 0 Å². The molecule has 0 bridgehead atoms. The largest absolute Gasteiger partial charge is 1.00 e. The fraction of sp³-hybridized carbons (Fsp3) is 0.188. The second-order valence-electron chi connectivity index (χ2n) is 5.84. The Bertz CT molecular complexity index is 824. The van der Waals surface area contributed by atoms with E-state index in [1.54, 1.807) is 6.21 Å². The SMILES string of the molecule is C[N+](C)(C)c1ccc(/C=N/Nc2nc(Cl)c(C#N)c(Cl)c2Cl)cc1.[I-]. The van der Waals surface area contributed by atoms with Crippen molar-refractivity contribution in [3.05, 3.63) is 50.6 Å². The van der Waals surface area contributed by atoms with Crippen LogP contribution in [0.3, 0.4) is 0 Å². The summed E-state index contributed by atoms with van der Waals surface area (Å²) in [6.07, 6.45) is 1.62. The van der Waals surface area contributed by atoms with Gasteiger partial charge >= 0.3 is 0 Å². The van der Waals surface area contributed by atoms with Gasteiger partial charge in [0.15, 0.2) is 11.0 Å². The standard InChI is InChI=1S/C16H15Cl3N5.HI/c1-24(2,3)11-6-4-10(5-7-11)9-21-23-16-14(18)13(17)12(8-20)15(19)22-16;/h4-7,9H,1-3H3,(H,22,23);1H/q+1;/p-1/b21-9+;. The Labute approximate surface area is 178 Å². The Kier molecular flexibility index (Phi) is 7.90. The van der Waals surface area contributed by atoms with Crippen molar-refractivity contribution >= 4 is 52.5 Å². The lowest BCUT2D eigenvalue weighted by molar-refractivity contribution is -0.00000513. The molecule has 2 rings (SSSR count). The van der Waals surface area contributed by atoms with Crippen LogP contribution in [-0.4, -0.2) is 32.3 Å². The number of hydrogen-bond acceptors (Lipinski definition) is 4. The number of anilines is 1. The highest BCUT2D eigenvalue weighted by molar-refractivity contribution is 6.45. The molecule has 0 saturated heterocycles. The first kappa shape index (κ1) is 21.9. The highest BCUT2D eigenvalue weighted by atomic mass is 127. The number of hydrogen-bond donors (Lipinski definition) is 1. The van der Waals surface area contributed by atoms with Crippen molar-refractivity contribution < 1.29 is 24.0 Å². The second-order valence-corrected chi connectivity index (χ2v) is 6.95. The molecule has 0 spiro atoms. The van der Waals surface area contributed by atoms with Gasteiger partial charge in [-0.15, -0.1) is 0 Å². The summed E-state index contributed by atoms with van der Waals surface area (Å²) in [5.74, 6) is 0.185. The Morgan fingerprint density at radius 1 is 1.12 bits per heavy atom. The van der Waals surface area contributed by atoms with Gasteiger partial charge in [-0.3, -0.25) is 9.91 Å². The van der Waals surface area contributed by atoms with Crippen molar-refractivity contribution in [2.24, 2.45) is 5.10 Å². The number of nitrogens with zero attached hydrogens (tertiary/aromatic N) is 4. The average molecular weight is 511 g/mol. The Morgan fingerprint density at radius 2 is 1.72 bits per heavy atom. The highest BCUT2D eigenvalue weighted by Crippen LogP contribution is 2.34. The number of hydrazone groups is 1. The minimum absolute atomic E-state index is 0.